The van der Waals surface area contributed by atoms with Gasteiger partial charge in [-0.15, -0.1) is 0 Å². The smallest absolute Gasteiger partial charge is 0.232 e. The first-order chi connectivity index (χ1) is 9.04. The molecule has 1 aromatic rings. The van der Waals surface area contributed by atoms with Crippen molar-refractivity contribution in [1.82, 2.24) is 0 Å². The monoisotopic (exact) mass is 284 g/mol. The van der Waals surface area contributed by atoms with E-state index in [0.29, 0.717) is 13.0 Å². The number of nitrogens with one attached hydrogen (secondary N) is 1. The van der Waals surface area contributed by atoms with E-state index < -0.39 is 10.0 Å². The molecule has 0 heterocycles. The van der Waals surface area contributed by atoms with Crippen molar-refractivity contribution >= 4 is 15.7 Å². The van der Waals surface area contributed by atoms with Gasteiger partial charge >= 0.3 is 0 Å². The van der Waals surface area contributed by atoms with Gasteiger partial charge in [-0.3, -0.25) is 4.72 Å². The number of sulfonamides is 1. The Morgan fingerprint density at radius 3 is 2.16 bits per heavy atom. The average Bonchev–Trinajstić information content (AvgIpc) is 2.38. The largest absolute Gasteiger partial charge is 0.330 e. The minimum absolute atomic E-state index is 0.130. The van der Waals surface area contributed by atoms with Crippen LogP contribution < -0.4 is 10.5 Å². The van der Waals surface area contributed by atoms with Gasteiger partial charge in [0, 0.05) is 0 Å². The number of unbranched alkanes of at least 4 members (excludes halogenated alkanes) is 1. The molecule has 0 fully saturated rings. The summed E-state index contributed by atoms with van der Waals surface area (Å²) in [5.41, 5.74) is 8.24. The Bertz CT molecular complexity index is 476. The Morgan fingerprint density at radius 1 is 1.11 bits per heavy atom. The highest BCUT2D eigenvalue weighted by molar-refractivity contribution is 7.92. The summed E-state index contributed by atoms with van der Waals surface area (Å²) < 4.78 is 26.9. The third-order valence-electron chi connectivity index (χ3n) is 3.12. The summed E-state index contributed by atoms with van der Waals surface area (Å²) in [7, 11) is -3.28. The summed E-state index contributed by atoms with van der Waals surface area (Å²) in [5, 5.41) is 0. The van der Waals surface area contributed by atoms with E-state index in [1.165, 1.54) is 0 Å². The van der Waals surface area contributed by atoms with E-state index in [4.69, 9.17) is 5.73 Å². The van der Waals surface area contributed by atoms with E-state index >= 15 is 0 Å². The maximum atomic E-state index is 12.1. The third-order valence-corrected chi connectivity index (χ3v) is 4.46. The number of nitrogens with two attached hydrogens (primary N) is 1. The second-order valence-electron chi connectivity index (χ2n) is 4.58. The van der Waals surface area contributed by atoms with E-state index in [1.807, 2.05) is 32.0 Å². The molecule has 0 aliphatic heterocycles. The van der Waals surface area contributed by atoms with E-state index in [-0.39, 0.29) is 5.75 Å². The van der Waals surface area contributed by atoms with Gasteiger partial charge in [-0.1, -0.05) is 32.0 Å². The first-order valence-corrected chi connectivity index (χ1v) is 8.50. The van der Waals surface area contributed by atoms with E-state index in [2.05, 4.69) is 4.72 Å². The van der Waals surface area contributed by atoms with Gasteiger partial charge in [0.2, 0.25) is 10.0 Å². The summed E-state index contributed by atoms with van der Waals surface area (Å²) in [4.78, 5) is 0. The minimum atomic E-state index is -3.28. The second-order valence-corrected chi connectivity index (χ2v) is 6.42. The molecule has 3 N–H and O–H groups in total. The van der Waals surface area contributed by atoms with Gasteiger partial charge in [0.1, 0.15) is 0 Å². The summed E-state index contributed by atoms with van der Waals surface area (Å²) in [6.07, 6.45) is 2.96. The van der Waals surface area contributed by atoms with Gasteiger partial charge < -0.3 is 5.73 Å². The first-order valence-electron chi connectivity index (χ1n) is 6.85. The molecule has 0 aromatic heterocycles. The molecule has 0 bridgehead atoms. The molecule has 0 aliphatic carbocycles. The van der Waals surface area contributed by atoms with Crippen LogP contribution >= 0.6 is 0 Å². The average molecular weight is 284 g/mol. The van der Waals surface area contributed by atoms with E-state index in [0.717, 1.165) is 36.1 Å². The van der Waals surface area contributed by atoms with Crippen molar-refractivity contribution in [3.63, 3.8) is 0 Å². The lowest BCUT2D eigenvalue weighted by Crippen LogP contribution is -2.19. The van der Waals surface area contributed by atoms with Crippen molar-refractivity contribution in [2.45, 2.75) is 39.5 Å². The van der Waals surface area contributed by atoms with Crippen LogP contribution in [-0.2, 0) is 22.9 Å². The predicted octanol–water partition coefficient (Wildman–Crippen LogP) is 2.29. The highest BCUT2D eigenvalue weighted by Crippen LogP contribution is 2.23. The first kappa shape index (κ1) is 16.0. The molecule has 5 heteroatoms. The number of aryl methyl sites for hydroxylation is 2. The molecule has 108 valence electrons. The minimum Gasteiger partial charge on any atom is -0.330 e. The van der Waals surface area contributed by atoms with Gasteiger partial charge in [0.25, 0.3) is 0 Å². The zero-order chi connectivity index (χ0) is 14.3. The maximum Gasteiger partial charge on any atom is 0.232 e. The molecular weight excluding hydrogens is 260 g/mol. The van der Waals surface area contributed by atoms with Crippen LogP contribution in [0.5, 0.6) is 0 Å². The molecule has 19 heavy (non-hydrogen) atoms. The lowest BCUT2D eigenvalue weighted by atomic mass is 10.0. The van der Waals surface area contributed by atoms with Gasteiger partial charge in [0.05, 0.1) is 11.4 Å². The molecule has 0 saturated heterocycles. The Morgan fingerprint density at radius 2 is 1.68 bits per heavy atom. The topological polar surface area (TPSA) is 72.2 Å². The van der Waals surface area contributed by atoms with Crippen molar-refractivity contribution in [3.05, 3.63) is 29.3 Å². The van der Waals surface area contributed by atoms with Crippen molar-refractivity contribution in [1.29, 1.82) is 0 Å². The molecule has 0 amide bonds. The number of rotatable bonds is 8. The van der Waals surface area contributed by atoms with Gasteiger partial charge in [-0.05, 0) is 43.4 Å². The molecule has 0 atom stereocenters. The van der Waals surface area contributed by atoms with E-state index in [9.17, 15) is 8.42 Å². The van der Waals surface area contributed by atoms with Crippen molar-refractivity contribution in [3.8, 4) is 0 Å². The standard InChI is InChI=1S/C14H24N2O2S/c1-3-12-8-7-9-13(4-2)14(12)16-19(17,18)11-6-5-10-15/h7-9,16H,3-6,10-11,15H2,1-2H3. The number of hydrogen-bond donors (Lipinski definition) is 2. The molecule has 0 radical (unpaired) electrons. The summed E-state index contributed by atoms with van der Waals surface area (Å²) in [6.45, 7) is 4.59. The van der Waals surface area contributed by atoms with Crippen LogP contribution in [0, 0.1) is 0 Å². The number of hydrogen-bond acceptors (Lipinski definition) is 3. The highest BCUT2D eigenvalue weighted by Gasteiger charge is 2.14. The van der Waals surface area contributed by atoms with Crippen LogP contribution in [0.3, 0.4) is 0 Å². The van der Waals surface area contributed by atoms with Crippen molar-refractivity contribution in [2.75, 3.05) is 17.0 Å². The predicted molar refractivity (Wildman–Crippen MR) is 80.9 cm³/mol. The van der Waals surface area contributed by atoms with Gasteiger partial charge in [0.15, 0.2) is 0 Å². The van der Waals surface area contributed by atoms with Crippen LogP contribution in [-0.4, -0.2) is 20.7 Å². The maximum absolute atomic E-state index is 12.1. The Labute approximate surface area is 116 Å². The lowest BCUT2D eigenvalue weighted by molar-refractivity contribution is 0.597. The lowest BCUT2D eigenvalue weighted by Gasteiger charge is -2.15. The Balaban J connectivity index is 2.91. The molecule has 0 aliphatic rings. The van der Waals surface area contributed by atoms with Crippen molar-refractivity contribution in [2.24, 2.45) is 5.73 Å². The summed E-state index contributed by atoms with van der Waals surface area (Å²) >= 11 is 0. The zero-order valence-corrected chi connectivity index (χ0v) is 12.6. The van der Waals surface area contributed by atoms with Crippen molar-refractivity contribution < 1.29 is 8.42 Å². The fourth-order valence-electron chi connectivity index (χ4n) is 2.02. The molecular formula is C14H24N2O2S. The highest BCUT2D eigenvalue weighted by atomic mass is 32.2. The summed E-state index contributed by atoms with van der Waals surface area (Å²) in [6, 6.07) is 5.91. The number of benzene rings is 1. The zero-order valence-electron chi connectivity index (χ0n) is 11.8. The molecule has 0 spiro atoms. The Hall–Kier alpha value is -1.07. The molecule has 4 nitrogen and oxygen atoms in total. The fraction of sp³-hybridized carbons (Fsp3) is 0.571. The second kappa shape index (κ2) is 7.50. The van der Waals surface area contributed by atoms with Crippen LogP contribution in [0.2, 0.25) is 0 Å². The molecule has 1 rings (SSSR count). The SMILES string of the molecule is CCc1cccc(CC)c1NS(=O)(=O)CCCCN. The fourth-order valence-corrected chi connectivity index (χ4v) is 3.28. The number of anilines is 1. The van der Waals surface area contributed by atoms with E-state index in [1.54, 1.807) is 0 Å². The normalized spacial score (nSPS) is 11.5. The van der Waals surface area contributed by atoms with Crippen LogP contribution in [0.4, 0.5) is 5.69 Å². The third kappa shape index (κ3) is 4.84. The summed E-state index contributed by atoms with van der Waals surface area (Å²) in [5.74, 6) is 0.130. The van der Waals surface area contributed by atoms with Gasteiger partial charge in [-0.25, -0.2) is 8.42 Å². The molecule has 1 aromatic carbocycles. The number of para-hydroxylation sites is 1. The molecule has 0 unspecified atom stereocenters. The quantitative estimate of drug-likeness (QED) is 0.719. The molecule has 0 saturated carbocycles. The van der Waals surface area contributed by atoms with Crippen LogP contribution in [0.15, 0.2) is 18.2 Å². The van der Waals surface area contributed by atoms with Crippen LogP contribution in [0.1, 0.15) is 37.8 Å². The van der Waals surface area contributed by atoms with Gasteiger partial charge in [-0.2, -0.15) is 0 Å². The van der Waals surface area contributed by atoms with Crippen LogP contribution in [0.25, 0.3) is 0 Å². The Kier molecular flexibility index (Phi) is 6.31.